The minimum absolute atomic E-state index is 0.0204. The molecule has 1 aromatic rings. The predicted molar refractivity (Wildman–Crippen MR) is 67.9 cm³/mol. The van der Waals surface area contributed by atoms with Gasteiger partial charge in [0.25, 0.3) is 0 Å². The van der Waals surface area contributed by atoms with Crippen LogP contribution in [0.4, 0.5) is 0 Å². The van der Waals surface area contributed by atoms with Gasteiger partial charge in [0.15, 0.2) is 0 Å². The molecule has 1 atom stereocenters. The summed E-state index contributed by atoms with van der Waals surface area (Å²) in [6.07, 6.45) is 3.94. The van der Waals surface area contributed by atoms with Crippen molar-refractivity contribution in [3.63, 3.8) is 0 Å². The average molecular weight is 249 g/mol. The summed E-state index contributed by atoms with van der Waals surface area (Å²) in [5, 5.41) is 4.72. The molecule has 1 aromatic carbocycles. The summed E-state index contributed by atoms with van der Waals surface area (Å²) in [6, 6.07) is 9.97. The van der Waals surface area contributed by atoms with Gasteiger partial charge in [0.2, 0.25) is 6.41 Å². The lowest BCUT2D eigenvalue weighted by atomic mass is 10.1. The molecule has 1 fully saturated rings. The van der Waals surface area contributed by atoms with Gasteiger partial charge in [0.05, 0.1) is 12.8 Å². The lowest BCUT2D eigenvalue weighted by Gasteiger charge is -2.34. The molecule has 18 heavy (non-hydrogen) atoms. The Labute approximate surface area is 107 Å². The number of carbonyl (C=O) groups excluding carboxylic acids is 1. The summed E-state index contributed by atoms with van der Waals surface area (Å²) in [6.45, 7) is 1.38. The molecule has 0 spiro atoms. The topological polar surface area (TPSA) is 53.6 Å². The van der Waals surface area contributed by atoms with Crippen LogP contribution in [0.15, 0.2) is 30.3 Å². The van der Waals surface area contributed by atoms with Gasteiger partial charge in [-0.25, -0.2) is 0 Å². The fourth-order valence-corrected chi connectivity index (χ4v) is 2.07. The molecular weight excluding hydrogens is 230 g/mol. The number of hydrazine groups is 1. The van der Waals surface area contributed by atoms with Gasteiger partial charge in [-0.3, -0.25) is 9.63 Å². The Morgan fingerprint density at radius 3 is 2.94 bits per heavy atom. The second-order valence-electron chi connectivity index (χ2n) is 4.36. The highest BCUT2D eigenvalue weighted by atomic mass is 16.7. The largest absolute Gasteiger partial charge is 0.342 e. The first-order chi connectivity index (χ1) is 8.90. The first kappa shape index (κ1) is 13.0. The molecule has 1 amide bonds. The van der Waals surface area contributed by atoms with E-state index >= 15 is 0 Å². The smallest absolute Gasteiger partial charge is 0.208 e. The number of piperidine rings is 1. The maximum absolute atomic E-state index is 10.5. The molecule has 1 aliphatic heterocycles. The fraction of sp³-hybridized carbons (Fsp3) is 0.462. The molecule has 0 aromatic heterocycles. The lowest BCUT2D eigenvalue weighted by molar-refractivity contribution is -0.133. The monoisotopic (exact) mass is 249 g/mol. The molecule has 0 saturated carbocycles. The maximum Gasteiger partial charge on any atom is 0.208 e. The van der Waals surface area contributed by atoms with Crippen LogP contribution >= 0.6 is 0 Å². The van der Waals surface area contributed by atoms with Crippen molar-refractivity contribution in [3.8, 4) is 0 Å². The van der Waals surface area contributed by atoms with Crippen molar-refractivity contribution in [3.05, 3.63) is 35.9 Å². The Morgan fingerprint density at radius 2 is 2.17 bits per heavy atom. The number of amides is 1. The van der Waals surface area contributed by atoms with E-state index in [0.717, 1.165) is 37.8 Å². The van der Waals surface area contributed by atoms with Gasteiger partial charge in [-0.15, -0.1) is 5.59 Å². The zero-order valence-corrected chi connectivity index (χ0v) is 10.3. The van der Waals surface area contributed by atoms with Crippen molar-refractivity contribution in [1.29, 1.82) is 0 Å². The molecule has 0 bridgehead atoms. The molecular formula is C13H19N3O2. The first-order valence-corrected chi connectivity index (χ1v) is 6.28. The molecule has 1 heterocycles. The van der Waals surface area contributed by atoms with Crippen molar-refractivity contribution in [1.82, 2.24) is 15.9 Å². The zero-order chi connectivity index (χ0) is 12.6. The van der Waals surface area contributed by atoms with Crippen LogP contribution in [0.2, 0.25) is 0 Å². The number of hydrogen-bond acceptors (Lipinski definition) is 4. The van der Waals surface area contributed by atoms with Crippen LogP contribution in [0.25, 0.3) is 0 Å². The molecule has 5 nitrogen and oxygen atoms in total. The van der Waals surface area contributed by atoms with E-state index in [2.05, 4.69) is 10.9 Å². The van der Waals surface area contributed by atoms with Crippen LogP contribution < -0.4 is 10.9 Å². The summed E-state index contributed by atoms with van der Waals surface area (Å²) in [7, 11) is 0. The zero-order valence-electron chi connectivity index (χ0n) is 10.3. The van der Waals surface area contributed by atoms with E-state index in [1.807, 2.05) is 35.3 Å². The number of carbonyl (C=O) groups is 1. The molecule has 2 N–H and O–H groups in total. The van der Waals surface area contributed by atoms with Crippen molar-refractivity contribution in [2.75, 3.05) is 6.54 Å². The number of nitrogens with zero attached hydrogens (tertiary/aromatic N) is 1. The Hall–Kier alpha value is -1.43. The van der Waals surface area contributed by atoms with Gasteiger partial charge in [-0.05, 0) is 24.8 Å². The van der Waals surface area contributed by atoms with Gasteiger partial charge in [0, 0.05) is 6.54 Å². The van der Waals surface area contributed by atoms with Gasteiger partial charge in [-0.2, -0.15) is 5.01 Å². The molecule has 0 unspecified atom stereocenters. The Kier molecular flexibility index (Phi) is 5.14. The minimum Gasteiger partial charge on any atom is -0.342 e. The van der Waals surface area contributed by atoms with E-state index in [0.29, 0.717) is 6.61 Å². The summed E-state index contributed by atoms with van der Waals surface area (Å²) in [5.41, 5.74) is 4.03. The van der Waals surface area contributed by atoms with E-state index < -0.39 is 0 Å². The summed E-state index contributed by atoms with van der Waals surface area (Å²) in [4.78, 5) is 16.0. The van der Waals surface area contributed by atoms with Crippen molar-refractivity contribution < 1.29 is 9.63 Å². The highest BCUT2D eigenvalue weighted by molar-refractivity contribution is 5.46. The SMILES string of the molecule is O=CN[C@@H]1CCCCN1NOCc1ccccc1. The van der Waals surface area contributed by atoms with Crippen LogP contribution in [-0.2, 0) is 16.2 Å². The normalized spacial score (nSPS) is 20.6. The lowest BCUT2D eigenvalue weighted by Crippen LogP contribution is -2.54. The van der Waals surface area contributed by atoms with E-state index in [1.165, 1.54) is 0 Å². The maximum atomic E-state index is 10.5. The molecule has 0 radical (unpaired) electrons. The molecule has 1 aliphatic rings. The average Bonchev–Trinajstić information content (AvgIpc) is 2.42. The molecule has 0 aliphatic carbocycles. The molecule has 1 saturated heterocycles. The predicted octanol–water partition coefficient (Wildman–Crippen LogP) is 1.18. The molecule has 2 rings (SSSR count). The van der Waals surface area contributed by atoms with Gasteiger partial charge < -0.3 is 5.32 Å². The summed E-state index contributed by atoms with van der Waals surface area (Å²) < 4.78 is 0. The molecule has 98 valence electrons. The van der Waals surface area contributed by atoms with Crippen LogP contribution in [0.5, 0.6) is 0 Å². The summed E-state index contributed by atoms with van der Waals surface area (Å²) >= 11 is 0. The second kappa shape index (κ2) is 7.10. The van der Waals surface area contributed by atoms with Crippen LogP contribution in [0, 0.1) is 0 Å². The van der Waals surface area contributed by atoms with Crippen LogP contribution in [-0.4, -0.2) is 24.1 Å². The quantitative estimate of drug-likeness (QED) is 0.587. The third-order valence-electron chi connectivity index (χ3n) is 3.03. The fourth-order valence-electron chi connectivity index (χ4n) is 2.07. The Balaban J connectivity index is 1.76. The number of hydrogen-bond donors (Lipinski definition) is 2. The van der Waals surface area contributed by atoms with Crippen molar-refractivity contribution in [2.45, 2.75) is 32.0 Å². The minimum atomic E-state index is 0.0204. The van der Waals surface area contributed by atoms with E-state index in [1.54, 1.807) is 0 Å². The standard InChI is InChI=1S/C13H19N3O2/c17-11-14-13-8-4-5-9-16(13)15-18-10-12-6-2-1-3-7-12/h1-3,6-7,11,13,15H,4-5,8-10H2,(H,14,17)/t13-/m0/s1. The van der Waals surface area contributed by atoms with Gasteiger partial charge in [0.1, 0.15) is 0 Å². The van der Waals surface area contributed by atoms with E-state index in [-0.39, 0.29) is 6.17 Å². The van der Waals surface area contributed by atoms with Crippen molar-refractivity contribution >= 4 is 6.41 Å². The number of rotatable bonds is 6. The van der Waals surface area contributed by atoms with E-state index in [9.17, 15) is 4.79 Å². The highest BCUT2D eigenvalue weighted by Gasteiger charge is 2.21. The highest BCUT2D eigenvalue weighted by Crippen LogP contribution is 2.12. The number of nitrogens with one attached hydrogen (secondary N) is 2. The summed E-state index contributed by atoms with van der Waals surface area (Å²) in [5.74, 6) is 0. The first-order valence-electron chi connectivity index (χ1n) is 6.28. The number of benzene rings is 1. The van der Waals surface area contributed by atoms with E-state index in [4.69, 9.17) is 4.84 Å². The second-order valence-corrected chi connectivity index (χ2v) is 4.36. The third kappa shape index (κ3) is 3.80. The van der Waals surface area contributed by atoms with Gasteiger partial charge >= 0.3 is 0 Å². The third-order valence-corrected chi connectivity index (χ3v) is 3.03. The van der Waals surface area contributed by atoms with Gasteiger partial charge in [-0.1, -0.05) is 30.3 Å². The van der Waals surface area contributed by atoms with Crippen LogP contribution in [0.1, 0.15) is 24.8 Å². The van der Waals surface area contributed by atoms with Crippen LogP contribution in [0.3, 0.4) is 0 Å². The Bertz CT molecular complexity index is 359. The molecule has 5 heteroatoms. The Morgan fingerprint density at radius 1 is 1.33 bits per heavy atom. The van der Waals surface area contributed by atoms with Crippen molar-refractivity contribution in [2.24, 2.45) is 0 Å².